The third kappa shape index (κ3) is 1.63. The molecule has 0 atom stereocenters. The normalized spacial score (nSPS) is 15.9. The average Bonchev–Trinajstić information content (AvgIpc) is 2.51. The Morgan fingerprint density at radius 3 is 2.71 bits per heavy atom. The van der Waals surface area contributed by atoms with Crippen molar-refractivity contribution in [3.05, 3.63) is 27.2 Å². The Morgan fingerprint density at radius 1 is 1.29 bits per heavy atom. The maximum absolute atomic E-state index is 2.44. The highest BCUT2D eigenvalue weighted by Crippen LogP contribution is 2.26. The first-order valence-corrected chi connectivity index (χ1v) is 6.24. The number of aromatic nitrogens is 1. The molecule has 0 amide bonds. The summed E-state index contributed by atoms with van der Waals surface area (Å²) < 4.78 is 2.44. The molecule has 14 heavy (non-hydrogen) atoms. The fraction of sp³-hybridized carbons (Fsp3) is 0.583. The van der Waals surface area contributed by atoms with Gasteiger partial charge in [0.15, 0.2) is 5.69 Å². The van der Waals surface area contributed by atoms with Crippen LogP contribution in [0.15, 0.2) is 16.7 Å². The van der Waals surface area contributed by atoms with Crippen LogP contribution in [-0.2, 0) is 19.4 Å². The maximum Gasteiger partial charge on any atom is 0.225 e. The van der Waals surface area contributed by atoms with Gasteiger partial charge >= 0.3 is 0 Å². The summed E-state index contributed by atoms with van der Waals surface area (Å²) in [5, 5.41) is 0. The van der Waals surface area contributed by atoms with E-state index >= 15 is 0 Å². The van der Waals surface area contributed by atoms with Crippen LogP contribution in [0.25, 0.3) is 0 Å². The second-order valence-electron chi connectivity index (χ2n) is 4.20. The molecule has 2 heteroatoms. The van der Waals surface area contributed by atoms with Gasteiger partial charge in [0.2, 0.25) is 5.51 Å². The SMILES string of the molecule is CCC[n+]1csc2c1CC(C)=C(C)C2. The van der Waals surface area contributed by atoms with Gasteiger partial charge in [-0.15, -0.1) is 0 Å². The number of hydrogen-bond acceptors (Lipinski definition) is 1. The van der Waals surface area contributed by atoms with E-state index in [2.05, 4.69) is 30.8 Å². The van der Waals surface area contributed by atoms with Crippen LogP contribution in [0.2, 0.25) is 0 Å². The molecule has 0 aromatic carbocycles. The van der Waals surface area contributed by atoms with Gasteiger partial charge in [0.25, 0.3) is 0 Å². The summed E-state index contributed by atoms with van der Waals surface area (Å²) in [5.74, 6) is 0. The van der Waals surface area contributed by atoms with E-state index in [1.807, 2.05) is 11.3 Å². The van der Waals surface area contributed by atoms with Gasteiger partial charge in [0.05, 0.1) is 11.3 Å². The molecule has 0 saturated heterocycles. The molecular formula is C12H18NS+. The van der Waals surface area contributed by atoms with Crippen LogP contribution in [0, 0.1) is 0 Å². The standard InChI is InChI=1S/C12H18NS/c1-4-5-13-8-14-12-7-10(3)9(2)6-11(12)13/h8H,4-7H2,1-3H3/q+1. The second kappa shape index (κ2) is 3.85. The minimum atomic E-state index is 1.17. The van der Waals surface area contributed by atoms with Crippen LogP contribution in [0.4, 0.5) is 0 Å². The molecule has 0 aliphatic heterocycles. The summed E-state index contributed by atoms with van der Waals surface area (Å²) in [6, 6.07) is 0. The number of allylic oxidation sites excluding steroid dienone is 2. The fourth-order valence-corrected chi connectivity index (χ4v) is 3.10. The molecule has 1 nitrogen and oxygen atoms in total. The lowest BCUT2D eigenvalue weighted by Gasteiger charge is -2.12. The Morgan fingerprint density at radius 2 is 2.00 bits per heavy atom. The minimum Gasteiger partial charge on any atom is -0.192 e. The Bertz CT molecular complexity index is 374. The van der Waals surface area contributed by atoms with E-state index in [-0.39, 0.29) is 0 Å². The minimum absolute atomic E-state index is 1.17. The summed E-state index contributed by atoms with van der Waals surface area (Å²) in [5.41, 5.74) is 7.00. The van der Waals surface area contributed by atoms with Crippen molar-refractivity contribution in [2.45, 2.75) is 46.6 Å². The second-order valence-corrected chi connectivity index (χ2v) is 5.14. The van der Waals surface area contributed by atoms with Crippen molar-refractivity contribution in [1.29, 1.82) is 0 Å². The van der Waals surface area contributed by atoms with Crippen LogP contribution in [-0.4, -0.2) is 0 Å². The summed E-state index contributed by atoms with van der Waals surface area (Å²) >= 11 is 1.93. The summed E-state index contributed by atoms with van der Waals surface area (Å²) in [6.07, 6.45) is 3.59. The third-order valence-corrected chi connectivity index (χ3v) is 4.07. The van der Waals surface area contributed by atoms with Gasteiger partial charge < -0.3 is 0 Å². The number of aryl methyl sites for hydroxylation is 1. The zero-order chi connectivity index (χ0) is 10.1. The molecule has 1 aliphatic carbocycles. The molecule has 2 rings (SSSR count). The van der Waals surface area contributed by atoms with Crippen molar-refractivity contribution >= 4 is 11.3 Å². The smallest absolute Gasteiger partial charge is 0.192 e. The number of hydrogen-bond donors (Lipinski definition) is 0. The predicted molar refractivity (Wildman–Crippen MR) is 60.6 cm³/mol. The fourth-order valence-electron chi connectivity index (χ4n) is 1.99. The highest BCUT2D eigenvalue weighted by atomic mass is 32.1. The van der Waals surface area contributed by atoms with E-state index in [9.17, 15) is 0 Å². The molecule has 0 radical (unpaired) electrons. The van der Waals surface area contributed by atoms with Crippen molar-refractivity contribution in [2.24, 2.45) is 0 Å². The van der Waals surface area contributed by atoms with E-state index < -0.39 is 0 Å². The van der Waals surface area contributed by atoms with Crippen LogP contribution in [0.5, 0.6) is 0 Å². The molecule has 1 aliphatic rings. The van der Waals surface area contributed by atoms with Gasteiger partial charge in [-0.3, -0.25) is 0 Å². The molecule has 0 saturated carbocycles. The average molecular weight is 208 g/mol. The molecule has 1 heterocycles. The predicted octanol–water partition coefficient (Wildman–Crippen LogP) is 2.88. The Hall–Kier alpha value is -0.630. The lowest BCUT2D eigenvalue weighted by Crippen LogP contribution is -2.36. The molecule has 0 N–H and O–H groups in total. The zero-order valence-electron chi connectivity index (χ0n) is 9.26. The van der Waals surface area contributed by atoms with Crippen molar-refractivity contribution in [2.75, 3.05) is 0 Å². The molecule has 1 aromatic rings. The van der Waals surface area contributed by atoms with Crippen LogP contribution < -0.4 is 4.57 Å². The first kappa shape index (κ1) is 9.91. The van der Waals surface area contributed by atoms with Gasteiger partial charge in [-0.2, -0.15) is 4.57 Å². The number of nitrogens with zero attached hydrogens (tertiary/aromatic N) is 1. The van der Waals surface area contributed by atoms with Crippen LogP contribution >= 0.6 is 11.3 Å². The quantitative estimate of drug-likeness (QED) is 0.520. The topological polar surface area (TPSA) is 3.88 Å². The molecule has 0 fully saturated rings. The molecule has 76 valence electrons. The maximum atomic E-state index is 2.44. The Kier molecular flexibility index (Phi) is 2.73. The Balaban J connectivity index is 2.31. The van der Waals surface area contributed by atoms with Gasteiger partial charge in [0, 0.05) is 12.8 Å². The summed E-state index contributed by atoms with van der Waals surface area (Å²) in [4.78, 5) is 1.58. The first-order chi connectivity index (χ1) is 6.72. The molecule has 0 bridgehead atoms. The summed E-state index contributed by atoms with van der Waals surface area (Å²) in [7, 11) is 0. The van der Waals surface area contributed by atoms with Crippen molar-refractivity contribution in [3.63, 3.8) is 0 Å². The van der Waals surface area contributed by atoms with E-state index in [1.165, 1.54) is 25.8 Å². The van der Waals surface area contributed by atoms with Crippen molar-refractivity contribution < 1.29 is 4.57 Å². The van der Waals surface area contributed by atoms with Gasteiger partial charge in [0.1, 0.15) is 6.54 Å². The number of fused-ring (bicyclic) bond motifs is 1. The van der Waals surface area contributed by atoms with E-state index in [0.29, 0.717) is 0 Å². The lowest BCUT2D eigenvalue weighted by atomic mass is 9.96. The molecule has 0 unspecified atom stereocenters. The van der Waals surface area contributed by atoms with Crippen LogP contribution in [0.3, 0.4) is 0 Å². The first-order valence-electron chi connectivity index (χ1n) is 5.36. The third-order valence-electron chi connectivity index (χ3n) is 3.04. The van der Waals surface area contributed by atoms with E-state index in [0.717, 1.165) is 0 Å². The zero-order valence-corrected chi connectivity index (χ0v) is 10.1. The van der Waals surface area contributed by atoms with Gasteiger partial charge in [-0.05, 0) is 13.8 Å². The highest BCUT2D eigenvalue weighted by Gasteiger charge is 2.23. The number of thiazole rings is 1. The van der Waals surface area contributed by atoms with Gasteiger partial charge in [-0.25, -0.2) is 0 Å². The van der Waals surface area contributed by atoms with Crippen LogP contribution in [0.1, 0.15) is 37.8 Å². The molecule has 1 aromatic heterocycles. The monoisotopic (exact) mass is 208 g/mol. The molecule has 0 spiro atoms. The van der Waals surface area contributed by atoms with Crippen molar-refractivity contribution in [1.82, 2.24) is 0 Å². The largest absolute Gasteiger partial charge is 0.225 e. The Labute approximate surface area is 90.1 Å². The van der Waals surface area contributed by atoms with Crippen molar-refractivity contribution in [3.8, 4) is 0 Å². The lowest BCUT2D eigenvalue weighted by molar-refractivity contribution is -0.699. The molecular weight excluding hydrogens is 190 g/mol. The van der Waals surface area contributed by atoms with E-state index in [4.69, 9.17) is 0 Å². The summed E-state index contributed by atoms with van der Waals surface area (Å²) in [6.45, 7) is 7.96. The number of rotatable bonds is 2. The highest BCUT2D eigenvalue weighted by molar-refractivity contribution is 7.09. The van der Waals surface area contributed by atoms with Gasteiger partial charge in [-0.1, -0.05) is 29.4 Å². The van der Waals surface area contributed by atoms with E-state index in [1.54, 1.807) is 21.7 Å².